The van der Waals surface area contributed by atoms with Crippen LogP contribution in [0.5, 0.6) is 0 Å². The lowest BCUT2D eigenvalue weighted by molar-refractivity contribution is 0.103. The number of benzene rings is 1. The maximum Gasteiger partial charge on any atom is 0.267 e. The number of carbonyl (C=O) groups excluding carboxylic acids is 1. The molecule has 1 saturated carbocycles. The van der Waals surface area contributed by atoms with Gasteiger partial charge in [0.25, 0.3) is 5.91 Å². The lowest BCUT2D eigenvalue weighted by Crippen LogP contribution is -2.11. The first kappa shape index (κ1) is 16.2. The van der Waals surface area contributed by atoms with Crippen molar-refractivity contribution in [1.82, 2.24) is 14.4 Å². The van der Waals surface area contributed by atoms with Gasteiger partial charge < -0.3 is 9.72 Å². The van der Waals surface area contributed by atoms with Crippen LogP contribution >= 0.6 is 11.3 Å². The molecule has 1 aliphatic carbocycles. The van der Waals surface area contributed by atoms with Crippen molar-refractivity contribution in [2.45, 2.75) is 25.7 Å². The molecule has 0 aliphatic heterocycles. The molecule has 4 aromatic rings. The Bertz CT molecular complexity index is 1110. The Kier molecular flexibility index (Phi) is 3.79. The Balaban J connectivity index is 1.35. The monoisotopic (exact) mass is 374 g/mol. The molecule has 27 heavy (non-hydrogen) atoms. The van der Waals surface area contributed by atoms with Gasteiger partial charge in [0.15, 0.2) is 0 Å². The summed E-state index contributed by atoms with van der Waals surface area (Å²) < 4.78 is 2.00. The molecule has 0 unspecified atom stereocenters. The van der Waals surface area contributed by atoms with Gasteiger partial charge in [-0.25, -0.2) is 9.97 Å². The number of aryl methyl sites for hydroxylation is 1. The molecule has 1 amide bonds. The number of thiazole rings is 1. The van der Waals surface area contributed by atoms with Crippen molar-refractivity contribution >= 4 is 28.6 Å². The predicted molar refractivity (Wildman–Crippen MR) is 107 cm³/mol. The maximum atomic E-state index is 12.6. The van der Waals surface area contributed by atoms with Crippen molar-refractivity contribution in [3.8, 4) is 11.3 Å². The van der Waals surface area contributed by atoms with Crippen molar-refractivity contribution in [1.29, 1.82) is 0 Å². The molecule has 0 atom stereocenters. The van der Waals surface area contributed by atoms with E-state index in [9.17, 15) is 4.79 Å². The standard InChI is InChI=1S/C21H18N4OS/c1-13-19(27-21(22-13)15-5-6-15)20(26)23-16-9-7-14(8-10-16)17-12-25-11-3-2-4-18(25)24-17/h2-4,7-12,15H,5-6H2,1H3,(H,23,26). The smallest absolute Gasteiger partial charge is 0.267 e. The molecule has 0 bridgehead atoms. The molecule has 0 saturated heterocycles. The van der Waals surface area contributed by atoms with Crippen molar-refractivity contribution in [3.63, 3.8) is 0 Å². The Hall–Kier alpha value is -2.99. The summed E-state index contributed by atoms with van der Waals surface area (Å²) in [4.78, 5) is 22.5. The second-order valence-electron chi connectivity index (χ2n) is 6.86. The van der Waals surface area contributed by atoms with Crippen LogP contribution in [-0.4, -0.2) is 20.3 Å². The number of pyridine rings is 1. The second-order valence-corrected chi connectivity index (χ2v) is 7.90. The topological polar surface area (TPSA) is 59.3 Å². The number of fused-ring (bicyclic) bond motifs is 1. The third-order valence-corrected chi connectivity index (χ3v) is 6.07. The number of hydrogen-bond acceptors (Lipinski definition) is 4. The van der Waals surface area contributed by atoms with Gasteiger partial charge in [-0.3, -0.25) is 4.79 Å². The van der Waals surface area contributed by atoms with E-state index in [1.54, 1.807) is 0 Å². The maximum absolute atomic E-state index is 12.6. The molecule has 5 rings (SSSR count). The summed E-state index contributed by atoms with van der Waals surface area (Å²) in [6, 6.07) is 13.7. The van der Waals surface area contributed by atoms with Crippen molar-refractivity contribution in [3.05, 3.63) is 70.4 Å². The van der Waals surface area contributed by atoms with Crippen LogP contribution in [0.3, 0.4) is 0 Å². The molecule has 134 valence electrons. The highest BCUT2D eigenvalue weighted by Crippen LogP contribution is 2.42. The molecule has 3 aromatic heterocycles. The lowest BCUT2D eigenvalue weighted by Gasteiger charge is -2.05. The highest BCUT2D eigenvalue weighted by Gasteiger charge is 2.29. The summed E-state index contributed by atoms with van der Waals surface area (Å²) >= 11 is 1.52. The number of imidazole rings is 1. The van der Waals surface area contributed by atoms with Crippen LogP contribution < -0.4 is 5.32 Å². The van der Waals surface area contributed by atoms with E-state index in [-0.39, 0.29) is 5.91 Å². The van der Waals surface area contributed by atoms with E-state index >= 15 is 0 Å². The normalized spacial score (nSPS) is 13.8. The largest absolute Gasteiger partial charge is 0.321 e. The predicted octanol–water partition coefficient (Wildman–Crippen LogP) is 4.90. The van der Waals surface area contributed by atoms with E-state index in [0.717, 1.165) is 33.3 Å². The molecule has 1 aliphatic rings. The van der Waals surface area contributed by atoms with Crippen LogP contribution in [0.1, 0.15) is 39.1 Å². The lowest BCUT2D eigenvalue weighted by atomic mass is 10.1. The number of rotatable bonds is 4. The van der Waals surface area contributed by atoms with E-state index in [4.69, 9.17) is 0 Å². The fourth-order valence-electron chi connectivity index (χ4n) is 3.12. The number of anilines is 1. The van der Waals surface area contributed by atoms with E-state index in [1.165, 1.54) is 24.2 Å². The third kappa shape index (κ3) is 3.13. The Morgan fingerprint density at radius 2 is 1.96 bits per heavy atom. The number of nitrogens with one attached hydrogen (secondary N) is 1. The Morgan fingerprint density at radius 3 is 2.70 bits per heavy atom. The molecular weight excluding hydrogens is 356 g/mol. The van der Waals surface area contributed by atoms with Crippen LogP contribution in [0, 0.1) is 6.92 Å². The summed E-state index contributed by atoms with van der Waals surface area (Å²) in [6.45, 7) is 1.91. The number of hydrogen-bond donors (Lipinski definition) is 1. The first-order valence-electron chi connectivity index (χ1n) is 9.00. The molecule has 1 aromatic carbocycles. The molecular formula is C21H18N4OS. The van der Waals surface area contributed by atoms with Gasteiger partial charge in [0.1, 0.15) is 10.5 Å². The fourth-order valence-corrected chi connectivity index (χ4v) is 4.25. The minimum atomic E-state index is -0.0858. The van der Waals surface area contributed by atoms with Gasteiger partial charge in [-0.05, 0) is 44.0 Å². The van der Waals surface area contributed by atoms with E-state index in [2.05, 4.69) is 15.3 Å². The summed E-state index contributed by atoms with van der Waals surface area (Å²) in [5, 5.41) is 4.08. The number of amides is 1. The summed E-state index contributed by atoms with van der Waals surface area (Å²) in [5.74, 6) is 0.484. The average Bonchev–Trinajstić information content (AvgIpc) is 3.31. The van der Waals surface area contributed by atoms with Crippen molar-refractivity contribution in [2.24, 2.45) is 0 Å². The molecule has 1 N–H and O–H groups in total. The van der Waals surface area contributed by atoms with Crippen LogP contribution in [0.25, 0.3) is 16.9 Å². The van der Waals surface area contributed by atoms with E-state index in [1.807, 2.05) is 66.2 Å². The fraction of sp³-hybridized carbons (Fsp3) is 0.190. The number of aromatic nitrogens is 3. The quantitative estimate of drug-likeness (QED) is 0.553. The molecule has 1 fully saturated rings. The summed E-state index contributed by atoms with van der Waals surface area (Å²) in [7, 11) is 0. The average molecular weight is 374 g/mol. The molecule has 0 radical (unpaired) electrons. The second kappa shape index (κ2) is 6.32. The van der Waals surface area contributed by atoms with Crippen LogP contribution in [0.2, 0.25) is 0 Å². The Morgan fingerprint density at radius 1 is 1.15 bits per heavy atom. The summed E-state index contributed by atoms with van der Waals surface area (Å²) in [5.41, 5.74) is 4.43. The van der Waals surface area contributed by atoms with Gasteiger partial charge in [-0.2, -0.15) is 0 Å². The van der Waals surface area contributed by atoms with Crippen LogP contribution in [-0.2, 0) is 0 Å². The molecule has 6 heteroatoms. The van der Waals surface area contributed by atoms with Gasteiger partial charge in [0.2, 0.25) is 0 Å². The first-order chi connectivity index (χ1) is 13.2. The first-order valence-corrected chi connectivity index (χ1v) is 9.82. The highest BCUT2D eigenvalue weighted by atomic mass is 32.1. The van der Waals surface area contributed by atoms with Crippen LogP contribution in [0.15, 0.2) is 54.9 Å². The SMILES string of the molecule is Cc1nc(C2CC2)sc1C(=O)Nc1ccc(-c2cn3ccccc3n2)cc1. The van der Waals surface area contributed by atoms with E-state index in [0.29, 0.717) is 10.8 Å². The van der Waals surface area contributed by atoms with Crippen molar-refractivity contribution < 1.29 is 4.79 Å². The van der Waals surface area contributed by atoms with Gasteiger partial charge >= 0.3 is 0 Å². The summed E-state index contributed by atoms with van der Waals surface area (Å²) in [6.07, 6.45) is 6.37. The van der Waals surface area contributed by atoms with Crippen molar-refractivity contribution in [2.75, 3.05) is 5.32 Å². The van der Waals surface area contributed by atoms with E-state index < -0.39 is 0 Å². The minimum absolute atomic E-state index is 0.0858. The number of nitrogens with zero attached hydrogens (tertiary/aromatic N) is 3. The third-order valence-electron chi connectivity index (χ3n) is 4.75. The Labute approximate surface area is 160 Å². The van der Waals surface area contributed by atoms with Crippen LogP contribution in [0.4, 0.5) is 5.69 Å². The zero-order valence-corrected chi connectivity index (χ0v) is 15.7. The van der Waals surface area contributed by atoms with Gasteiger partial charge in [-0.15, -0.1) is 11.3 Å². The van der Waals surface area contributed by atoms with Gasteiger partial charge in [-0.1, -0.05) is 18.2 Å². The zero-order chi connectivity index (χ0) is 18.4. The molecule has 5 nitrogen and oxygen atoms in total. The number of carbonyl (C=O) groups is 1. The highest BCUT2D eigenvalue weighted by molar-refractivity contribution is 7.14. The molecule has 3 heterocycles. The van der Waals surface area contributed by atoms with Gasteiger partial charge in [0.05, 0.1) is 16.4 Å². The van der Waals surface area contributed by atoms with Gasteiger partial charge in [0, 0.05) is 29.6 Å². The zero-order valence-electron chi connectivity index (χ0n) is 14.8. The molecule has 0 spiro atoms. The minimum Gasteiger partial charge on any atom is -0.321 e.